The van der Waals surface area contributed by atoms with Gasteiger partial charge in [-0.2, -0.15) is 0 Å². The topological polar surface area (TPSA) is 44.8 Å². The predicted molar refractivity (Wildman–Crippen MR) is 56.1 cm³/mol. The highest BCUT2D eigenvalue weighted by Crippen LogP contribution is 2.13. The van der Waals surface area contributed by atoms with Gasteiger partial charge >= 0.3 is 0 Å². The third kappa shape index (κ3) is 3.15. The van der Waals surface area contributed by atoms with Crippen molar-refractivity contribution in [3.8, 4) is 0 Å². The fourth-order valence-corrected chi connectivity index (χ4v) is 1.80. The first-order chi connectivity index (χ1) is 7.24. The van der Waals surface area contributed by atoms with Gasteiger partial charge in [0, 0.05) is 38.5 Å². The molecule has 0 bridgehead atoms. The van der Waals surface area contributed by atoms with Gasteiger partial charge in [0.2, 0.25) is 5.91 Å². The average molecular weight is 213 g/mol. The van der Waals surface area contributed by atoms with Crippen molar-refractivity contribution in [2.24, 2.45) is 5.92 Å². The number of likely N-dealkylation sites (N-methyl/N-ethyl adjacent to an activating group) is 1. The minimum atomic E-state index is 0.132. The molecule has 2 aliphatic rings. The molecule has 2 aliphatic heterocycles. The zero-order chi connectivity index (χ0) is 10.7. The summed E-state index contributed by atoms with van der Waals surface area (Å²) in [4.78, 5) is 13.8. The van der Waals surface area contributed by atoms with E-state index in [1.807, 2.05) is 5.01 Å². The summed E-state index contributed by atoms with van der Waals surface area (Å²) in [5, 5.41) is 2.02. The molecular weight excluding hydrogens is 194 g/mol. The summed E-state index contributed by atoms with van der Waals surface area (Å²) in [5.74, 6) is 0.574. The molecule has 1 N–H and O–H groups in total. The molecule has 2 rings (SSSR count). The number of ether oxygens (including phenoxy) is 1. The fraction of sp³-hybridized carbons (Fsp3) is 0.900. The van der Waals surface area contributed by atoms with Crippen LogP contribution in [0.2, 0.25) is 0 Å². The van der Waals surface area contributed by atoms with E-state index < -0.39 is 0 Å². The molecule has 2 saturated heterocycles. The molecule has 0 saturated carbocycles. The van der Waals surface area contributed by atoms with Crippen LogP contribution < -0.4 is 5.43 Å². The lowest BCUT2D eigenvalue weighted by Crippen LogP contribution is -2.53. The predicted octanol–water partition coefficient (Wildman–Crippen LogP) is -0.698. The number of carbonyl (C=O) groups excluding carboxylic acids is 1. The van der Waals surface area contributed by atoms with Crippen molar-refractivity contribution in [3.63, 3.8) is 0 Å². The van der Waals surface area contributed by atoms with E-state index in [2.05, 4.69) is 17.4 Å². The summed E-state index contributed by atoms with van der Waals surface area (Å²) < 4.78 is 5.04. The molecule has 0 radical (unpaired) electrons. The lowest BCUT2D eigenvalue weighted by atomic mass is 10.0. The standard InChI is InChI=1S/C10H19N3O2/c1-12-2-4-13(5-3-12)11-10(14)6-9-7-15-8-9/h9H,2-8H2,1H3,(H,11,14). The minimum absolute atomic E-state index is 0.132. The van der Waals surface area contributed by atoms with Gasteiger partial charge < -0.3 is 9.64 Å². The van der Waals surface area contributed by atoms with Gasteiger partial charge in [0.15, 0.2) is 0 Å². The summed E-state index contributed by atoms with van der Waals surface area (Å²) in [7, 11) is 2.10. The van der Waals surface area contributed by atoms with Gasteiger partial charge in [-0.15, -0.1) is 0 Å². The van der Waals surface area contributed by atoms with E-state index in [-0.39, 0.29) is 5.91 Å². The van der Waals surface area contributed by atoms with Gasteiger partial charge in [0.05, 0.1) is 13.2 Å². The van der Waals surface area contributed by atoms with E-state index in [4.69, 9.17) is 4.74 Å². The van der Waals surface area contributed by atoms with Crippen molar-refractivity contribution < 1.29 is 9.53 Å². The number of nitrogens with zero attached hydrogens (tertiary/aromatic N) is 2. The number of rotatable bonds is 3. The van der Waals surface area contributed by atoms with Gasteiger partial charge in [-0.05, 0) is 7.05 Å². The number of nitrogens with one attached hydrogen (secondary N) is 1. The quantitative estimate of drug-likeness (QED) is 0.673. The largest absolute Gasteiger partial charge is 0.381 e. The van der Waals surface area contributed by atoms with Gasteiger partial charge in [-0.25, -0.2) is 5.01 Å². The molecular formula is C10H19N3O2. The van der Waals surface area contributed by atoms with Crippen LogP contribution in [-0.2, 0) is 9.53 Å². The smallest absolute Gasteiger partial charge is 0.234 e. The molecule has 0 aromatic carbocycles. The van der Waals surface area contributed by atoms with E-state index in [9.17, 15) is 4.79 Å². The monoisotopic (exact) mass is 213 g/mol. The van der Waals surface area contributed by atoms with Crippen LogP contribution in [0.4, 0.5) is 0 Å². The maximum absolute atomic E-state index is 11.6. The Morgan fingerprint density at radius 1 is 1.33 bits per heavy atom. The first-order valence-corrected chi connectivity index (χ1v) is 5.55. The Hall–Kier alpha value is -0.650. The van der Waals surface area contributed by atoms with Crippen molar-refractivity contribution in [3.05, 3.63) is 0 Å². The minimum Gasteiger partial charge on any atom is -0.381 e. The Balaban J connectivity index is 1.64. The maximum Gasteiger partial charge on any atom is 0.234 e. The summed E-state index contributed by atoms with van der Waals surface area (Å²) >= 11 is 0. The molecule has 5 nitrogen and oxygen atoms in total. The molecule has 15 heavy (non-hydrogen) atoms. The average Bonchev–Trinajstić information content (AvgIpc) is 2.16. The van der Waals surface area contributed by atoms with Crippen LogP contribution in [0.25, 0.3) is 0 Å². The Morgan fingerprint density at radius 2 is 2.00 bits per heavy atom. The summed E-state index contributed by atoms with van der Waals surface area (Å²) in [5.41, 5.74) is 2.95. The summed E-state index contributed by atoms with van der Waals surface area (Å²) in [6.07, 6.45) is 0.604. The lowest BCUT2D eigenvalue weighted by Gasteiger charge is -2.33. The molecule has 2 heterocycles. The molecule has 86 valence electrons. The first-order valence-electron chi connectivity index (χ1n) is 5.55. The summed E-state index contributed by atoms with van der Waals surface area (Å²) in [6, 6.07) is 0. The second-order valence-corrected chi connectivity index (χ2v) is 4.43. The highest BCUT2D eigenvalue weighted by Gasteiger charge is 2.23. The van der Waals surface area contributed by atoms with Gasteiger partial charge in [0.1, 0.15) is 0 Å². The van der Waals surface area contributed by atoms with E-state index in [0.29, 0.717) is 12.3 Å². The second kappa shape index (κ2) is 4.92. The molecule has 1 amide bonds. The molecule has 0 aromatic rings. The molecule has 0 spiro atoms. The van der Waals surface area contributed by atoms with E-state index in [1.54, 1.807) is 0 Å². The van der Waals surface area contributed by atoms with Crippen LogP contribution in [0.15, 0.2) is 0 Å². The Bertz CT molecular complexity index is 223. The fourth-order valence-electron chi connectivity index (χ4n) is 1.80. The molecule has 0 atom stereocenters. The normalized spacial score (nSPS) is 24.9. The van der Waals surface area contributed by atoms with Crippen LogP contribution in [-0.4, -0.2) is 62.3 Å². The number of amides is 1. The van der Waals surface area contributed by atoms with Gasteiger partial charge in [0.25, 0.3) is 0 Å². The van der Waals surface area contributed by atoms with Crippen molar-refractivity contribution >= 4 is 5.91 Å². The number of hydrogen-bond acceptors (Lipinski definition) is 4. The Kier molecular flexibility index (Phi) is 3.56. The Morgan fingerprint density at radius 3 is 2.53 bits per heavy atom. The zero-order valence-electron chi connectivity index (χ0n) is 9.24. The summed E-state index contributed by atoms with van der Waals surface area (Å²) in [6.45, 7) is 5.37. The van der Waals surface area contributed by atoms with Crippen molar-refractivity contribution in [1.82, 2.24) is 15.3 Å². The number of piperazine rings is 1. The van der Waals surface area contributed by atoms with E-state index >= 15 is 0 Å². The third-order valence-corrected chi connectivity index (χ3v) is 2.97. The van der Waals surface area contributed by atoms with Crippen LogP contribution in [0.3, 0.4) is 0 Å². The maximum atomic E-state index is 11.6. The number of hydrogen-bond donors (Lipinski definition) is 1. The number of carbonyl (C=O) groups is 1. The molecule has 0 unspecified atom stereocenters. The van der Waals surface area contributed by atoms with Crippen LogP contribution in [0.5, 0.6) is 0 Å². The highest BCUT2D eigenvalue weighted by molar-refractivity contribution is 5.75. The Labute approximate surface area is 90.3 Å². The molecule has 2 fully saturated rings. The van der Waals surface area contributed by atoms with Gasteiger partial charge in [-0.1, -0.05) is 0 Å². The second-order valence-electron chi connectivity index (χ2n) is 4.43. The van der Waals surface area contributed by atoms with Crippen LogP contribution in [0, 0.1) is 5.92 Å². The highest BCUT2D eigenvalue weighted by atomic mass is 16.5. The molecule has 5 heteroatoms. The first kappa shape index (κ1) is 10.9. The van der Waals surface area contributed by atoms with E-state index in [1.165, 1.54) is 0 Å². The zero-order valence-corrected chi connectivity index (χ0v) is 9.24. The third-order valence-electron chi connectivity index (χ3n) is 2.97. The van der Waals surface area contributed by atoms with Crippen LogP contribution >= 0.6 is 0 Å². The van der Waals surface area contributed by atoms with E-state index in [0.717, 1.165) is 39.4 Å². The molecule has 0 aliphatic carbocycles. The van der Waals surface area contributed by atoms with Crippen molar-refractivity contribution in [2.45, 2.75) is 6.42 Å². The van der Waals surface area contributed by atoms with Crippen molar-refractivity contribution in [1.29, 1.82) is 0 Å². The SMILES string of the molecule is CN1CCN(NC(=O)CC2COC2)CC1. The van der Waals surface area contributed by atoms with Crippen LogP contribution in [0.1, 0.15) is 6.42 Å². The number of hydrazine groups is 1. The van der Waals surface area contributed by atoms with Gasteiger partial charge in [-0.3, -0.25) is 10.2 Å². The molecule has 0 aromatic heterocycles. The van der Waals surface area contributed by atoms with Crippen molar-refractivity contribution in [2.75, 3.05) is 46.4 Å². The lowest BCUT2D eigenvalue weighted by molar-refractivity contribution is -0.132.